The second-order valence-electron chi connectivity index (χ2n) is 8.59. The molecule has 1 aliphatic heterocycles. The van der Waals surface area contributed by atoms with E-state index in [9.17, 15) is 21.6 Å². The van der Waals surface area contributed by atoms with Crippen LogP contribution >= 0.6 is 0 Å². The summed E-state index contributed by atoms with van der Waals surface area (Å²) in [6.45, 7) is 6.15. The largest absolute Gasteiger partial charge is 0.361 e. The van der Waals surface area contributed by atoms with Gasteiger partial charge in [0.1, 0.15) is 5.76 Å². The monoisotopic (exact) mass is 454 g/mol. The number of ketones is 1. The Morgan fingerprint density at radius 2 is 1.73 bits per heavy atom. The lowest BCUT2D eigenvalue weighted by molar-refractivity contribution is -0.121. The van der Waals surface area contributed by atoms with Crippen molar-refractivity contribution in [2.75, 3.05) is 12.8 Å². The molecule has 0 unspecified atom stereocenters. The molecular weight excluding hydrogens is 428 g/mol. The van der Waals surface area contributed by atoms with Gasteiger partial charge in [0.05, 0.1) is 27.9 Å². The Hall–Kier alpha value is -2.04. The third kappa shape index (κ3) is 4.65. The number of rotatable bonds is 6. The van der Waals surface area contributed by atoms with E-state index in [0.29, 0.717) is 24.3 Å². The van der Waals surface area contributed by atoms with Gasteiger partial charge in [-0.25, -0.2) is 16.8 Å². The highest BCUT2D eigenvalue weighted by atomic mass is 32.2. The number of carbonyl (C=O) groups excluding carboxylic acids is 1. The summed E-state index contributed by atoms with van der Waals surface area (Å²) in [7, 11) is -7.36. The number of aromatic nitrogens is 1. The van der Waals surface area contributed by atoms with E-state index in [1.165, 1.54) is 28.6 Å². The van der Waals surface area contributed by atoms with Crippen LogP contribution in [0.15, 0.2) is 44.6 Å². The van der Waals surface area contributed by atoms with Crippen molar-refractivity contribution in [3.63, 3.8) is 0 Å². The van der Waals surface area contributed by atoms with Gasteiger partial charge < -0.3 is 4.52 Å². The summed E-state index contributed by atoms with van der Waals surface area (Å²) in [6, 6.07) is 6.00. The molecule has 30 heavy (non-hydrogen) atoms. The summed E-state index contributed by atoms with van der Waals surface area (Å²) in [6.07, 6.45) is 2.05. The molecule has 1 aromatic heterocycles. The van der Waals surface area contributed by atoms with Crippen molar-refractivity contribution < 1.29 is 26.2 Å². The van der Waals surface area contributed by atoms with Crippen LogP contribution in [0.3, 0.4) is 0 Å². The van der Waals surface area contributed by atoms with Gasteiger partial charge in [0.25, 0.3) is 0 Å². The Balaban J connectivity index is 1.80. The molecule has 1 atom stereocenters. The number of benzene rings is 1. The summed E-state index contributed by atoms with van der Waals surface area (Å²) >= 11 is 0. The van der Waals surface area contributed by atoms with E-state index < -0.39 is 25.9 Å². The highest BCUT2D eigenvalue weighted by molar-refractivity contribution is 7.90. The minimum atomic E-state index is -3.93. The zero-order valence-electron chi connectivity index (χ0n) is 17.5. The van der Waals surface area contributed by atoms with Gasteiger partial charge in [-0.1, -0.05) is 25.9 Å². The second kappa shape index (κ2) is 7.90. The number of nitrogens with zero attached hydrogens (tertiary/aromatic N) is 2. The van der Waals surface area contributed by atoms with Crippen LogP contribution in [0.1, 0.15) is 45.1 Å². The molecule has 0 N–H and O–H groups in total. The Labute approximate surface area is 177 Å². The van der Waals surface area contributed by atoms with Crippen molar-refractivity contribution in [2.45, 2.75) is 61.3 Å². The van der Waals surface area contributed by atoms with Gasteiger partial charge in [0, 0.05) is 24.3 Å². The lowest BCUT2D eigenvalue weighted by atomic mass is 9.93. The molecule has 0 bridgehead atoms. The average Bonchev–Trinajstić information content (AvgIpc) is 3.30. The predicted molar refractivity (Wildman–Crippen MR) is 110 cm³/mol. The number of hydrogen-bond acceptors (Lipinski definition) is 7. The average molecular weight is 455 g/mol. The van der Waals surface area contributed by atoms with Gasteiger partial charge in [-0.15, -0.1) is 0 Å². The summed E-state index contributed by atoms with van der Waals surface area (Å²) < 4.78 is 55.9. The maximum Gasteiger partial charge on any atom is 0.243 e. The van der Waals surface area contributed by atoms with Crippen molar-refractivity contribution in [1.82, 2.24) is 9.46 Å². The van der Waals surface area contributed by atoms with E-state index >= 15 is 0 Å². The molecule has 1 aliphatic rings. The Kier molecular flexibility index (Phi) is 5.96. The molecule has 2 heterocycles. The summed E-state index contributed by atoms with van der Waals surface area (Å²) in [5, 5.41) is 3.95. The zero-order valence-corrected chi connectivity index (χ0v) is 19.1. The summed E-state index contributed by atoms with van der Waals surface area (Å²) in [5.41, 5.74) is 0.237. The molecule has 1 saturated heterocycles. The number of sulfonamides is 1. The predicted octanol–water partition coefficient (Wildman–Crippen LogP) is 2.34. The maximum absolute atomic E-state index is 13.1. The number of hydrogen-bond donors (Lipinski definition) is 0. The first-order valence-electron chi connectivity index (χ1n) is 9.61. The Morgan fingerprint density at radius 1 is 1.13 bits per heavy atom. The molecule has 3 rings (SSSR count). The van der Waals surface area contributed by atoms with Gasteiger partial charge in [0.15, 0.2) is 15.6 Å². The van der Waals surface area contributed by atoms with Crippen LogP contribution in [-0.4, -0.2) is 50.9 Å². The molecule has 0 saturated carbocycles. The Morgan fingerprint density at radius 3 is 2.27 bits per heavy atom. The van der Waals surface area contributed by atoms with Crippen molar-refractivity contribution in [3.05, 3.63) is 41.8 Å². The molecule has 0 spiro atoms. The van der Waals surface area contributed by atoms with Crippen LogP contribution in [0.4, 0.5) is 0 Å². The van der Waals surface area contributed by atoms with Crippen LogP contribution in [0.25, 0.3) is 0 Å². The quantitative estimate of drug-likeness (QED) is 0.658. The lowest BCUT2D eigenvalue weighted by Crippen LogP contribution is -2.41. The van der Waals surface area contributed by atoms with Crippen molar-refractivity contribution in [1.29, 1.82) is 0 Å². The third-order valence-electron chi connectivity index (χ3n) is 5.09. The molecule has 0 aliphatic carbocycles. The molecule has 164 valence electrons. The third-order valence-corrected chi connectivity index (χ3v) is 8.14. The highest BCUT2D eigenvalue weighted by Crippen LogP contribution is 2.29. The molecule has 1 fully saturated rings. The molecule has 0 amide bonds. The molecule has 2 aromatic rings. The normalized spacial score (nSPS) is 18.6. The molecule has 1 aromatic carbocycles. The van der Waals surface area contributed by atoms with E-state index in [1.54, 1.807) is 6.07 Å². The number of sulfone groups is 1. The fourth-order valence-corrected chi connectivity index (χ4v) is 5.70. The molecule has 0 radical (unpaired) electrons. The zero-order chi connectivity index (χ0) is 22.3. The van der Waals surface area contributed by atoms with E-state index in [0.717, 1.165) is 6.26 Å². The van der Waals surface area contributed by atoms with Crippen molar-refractivity contribution in [2.24, 2.45) is 0 Å². The SMILES string of the molecule is CC(C)(C)c1cc(CC(=O)[C@@H]2CCCN2S(=O)(=O)c2ccc(S(C)(=O)=O)cc2)no1. The van der Waals surface area contributed by atoms with Crippen molar-refractivity contribution >= 4 is 25.6 Å². The summed E-state index contributed by atoms with van der Waals surface area (Å²) in [5.74, 6) is 0.421. The highest BCUT2D eigenvalue weighted by Gasteiger charge is 2.39. The van der Waals surface area contributed by atoms with E-state index in [-0.39, 0.29) is 34.0 Å². The Bertz CT molecular complexity index is 1140. The van der Waals surface area contributed by atoms with Crippen LogP contribution in [0.2, 0.25) is 0 Å². The maximum atomic E-state index is 13.1. The smallest absolute Gasteiger partial charge is 0.243 e. The first-order valence-corrected chi connectivity index (χ1v) is 12.9. The minimum absolute atomic E-state index is 0.0106. The van der Waals surface area contributed by atoms with Crippen LogP contribution in [0, 0.1) is 0 Å². The minimum Gasteiger partial charge on any atom is -0.361 e. The lowest BCUT2D eigenvalue weighted by Gasteiger charge is -2.23. The number of Topliss-reactive ketones (excluding diaryl/α,β-unsaturated/α-hetero) is 1. The summed E-state index contributed by atoms with van der Waals surface area (Å²) in [4.78, 5) is 12.9. The van der Waals surface area contributed by atoms with Crippen molar-refractivity contribution in [3.8, 4) is 0 Å². The first-order chi connectivity index (χ1) is 13.8. The van der Waals surface area contributed by atoms with E-state index in [1.807, 2.05) is 20.8 Å². The molecule has 8 nitrogen and oxygen atoms in total. The van der Waals surface area contributed by atoms with Crippen LogP contribution in [0.5, 0.6) is 0 Å². The van der Waals surface area contributed by atoms with Gasteiger partial charge >= 0.3 is 0 Å². The first kappa shape index (κ1) is 22.6. The van der Waals surface area contributed by atoms with E-state index in [2.05, 4.69) is 5.16 Å². The molecular formula is C20H26N2O6S2. The fraction of sp³-hybridized carbons (Fsp3) is 0.500. The van der Waals surface area contributed by atoms with Crippen LogP contribution < -0.4 is 0 Å². The standard InChI is InChI=1S/C20H26N2O6S2/c1-20(2,3)19-13-14(21-28-19)12-18(23)17-6-5-11-22(17)30(26,27)16-9-7-15(8-10-16)29(4,24)25/h7-10,13,17H,5-6,11-12H2,1-4H3/t17-/m0/s1. The fourth-order valence-electron chi connectivity index (χ4n) is 3.39. The van der Waals surface area contributed by atoms with Gasteiger partial charge in [-0.2, -0.15) is 4.31 Å². The molecule has 10 heteroatoms. The van der Waals surface area contributed by atoms with Gasteiger partial charge in [-0.3, -0.25) is 4.79 Å². The van der Waals surface area contributed by atoms with E-state index in [4.69, 9.17) is 4.52 Å². The van der Waals surface area contributed by atoms with Crippen LogP contribution in [-0.2, 0) is 36.5 Å². The number of carbonyl (C=O) groups is 1. The van der Waals surface area contributed by atoms with Gasteiger partial charge in [-0.05, 0) is 37.1 Å². The van der Waals surface area contributed by atoms with Gasteiger partial charge in [0.2, 0.25) is 10.0 Å². The topological polar surface area (TPSA) is 115 Å². The second-order valence-corrected chi connectivity index (χ2v) is 12.5.